The Morgan fingerprint density at radius 3 is 2.00 bits per heavy atom. The van der Waals surface area contributed by atoms with Gasteiger partial charge in [-0.05, 0) is 31.7 Å². The van der Waals surface area contributed by atoms with Crippen LogP contribution in [0.1, 0.15) is 46.0 Å². The quantitative estimate of drug-likeness (QED) is 0.109. The number of carboxylic acids is 1. The van der Waals surface area contributed by atoms with Crippen molar-refractivity contribution in [2.75, 3.05) is 13.2 Å². The van der Waals surface area contributed by atoms with Crippen molar-refractivity contribution in [2.45, 2.75) is 70.1 Å². The van der Waals surface area contributed by atoms with Crippen LogP contribution >= 0.6 is 0 Å². The fourth-order valence-electron chi connectivity index (χ4n) is 2.75. The Hall–Kier alpha value is -2.77. The monoisotopic (exact) mass is 460 g/mol. The predicted octanol–water partition coefficient (Wildman–Crippen LogP) is -3.10. The van der Waals surface area contributed by atoms with E-state index in [0.717, 1.165) is 0 Å². The lowest BCUT2D eigenvalue weighted by Crippen LogP contribution is -2.59. The molecule has 13 nitrogen and oxygen atoms in total. The van der Waals surface area contributed by atoms with Gasteiger partial charge in [-0.2, -0.15) is 0 Å². The van der Waals surface area contributed by atoms with Gasteiger partial charge in [0.15, 0.2) is 0 Å². The zero-order valence-corrected chi connectivity index (χ0v) is 18.5. The molecule has 0 aromatic carbocycles. The number of hydrogen-bond acceptors (Lipinski definition) is 8. The number of aliphatic carboxylic acids is 1. The lowest BCUT2D eigenvalue weighted by atomic mass is 9.97. The van der Waals surface area contributed by atoms with E-state index in [9.17, 15) is 34.2 Å². The molecular formula is C19H36N6O7. The molecule has 0 aliphatic rings. The SMILES string of the molecule is CCC(C)C(NC(=O)C(CO)NC(=O)C(N)CC(N)=O)C(=O)NC(CCCCN)C(=O)O. The van der Waals surface area contributed by atoms with Crippen LogP contribution in [0.25, 0.3) is 0 Å². The van der Waals surface area contributed by atoms with E-state index < -0.39 is 66.8 Å². The Labute approximate surface area is 186 Å². The third-order valence-electron chi connectivity index (χ3n) is 4.93. The molecule has 5 unspecified atom stereocenters. The Kier molecular flexibility index (Phi) is 13.8. The summed E-state index contributed by atoms with van der Waals surface area (Å²) < 4.78 is 0. The maximum Gasteiger partial charge on any atom is 0.326 e. The number of amides is 4. The van der Waals surface area contributed by atoms with Crippen molar-refractivity contribution in [3.05, 3.63) is 0 Å². The van der Waals surface area contributed by atoms with Crippen molar-refractivity contribution >= 4 is 29.6 Å². The van der Waals surface area contributed by atoms with Gasteiger partial charge in [0.25, 0.3) is 0 Å². The lowest BCUT2D eigenvalue weighted by Gasteiger charge is -2.27. The number of aliphatic hydroxyl groups excluding tert-OH is 1. The highest BCUT2D eigenvalue weighted by atomic mass is 16.4. The highest BCUT2D eigenvalue weighted by Crippen LogP contribution is 2.10. The number of unbranched alkanes of at least 4 members (excludes halogenated alkanes) is 1. The number of carbonyl (C=O) groups excluding carboxylic acids is 4. The summed E-state index contributed by atoms with van der Waals surface area (Å²) in [4.78, 5) is 59.7. The molecule has 11 N–H and O–H groups in total. The summed E-state index contributed by atoms with van der Waals surface area (Å²) >= 11 is 0. The summed E-state index contributed by atoms with van der Waals surface area (Å²) in [5.74, 6) is -4.87. The second-order valence-corrected chi connectivity index (χ2v) is 7.58. The van der Waals surface area contributed by atoms with Crippen LogP contribution in [0.2, 0.25) is 0 Å². The van der Waals surface area contributed by atoms with Crippen LogP contribution in [-0.2, 0) is 24.0 Å². The second-order valence-electron chi connectivity index (χ2n) is 7.58. The lowest BCUT2D eigenvalue weighted by molar-refractivity contribution is -0.143. The van der Waals surface area contributed by atoms with Gasteiger partial charge in [-0.15, -0.1) is 0 Å². The molecule has 184 valence electrons. The molecule has 0 saturated carbocycles. The van der Waals surface area contributed by atoms with Crippen molar-refractivity contribution in [1.82, 2.24) is 16.0 Å². The number of carboxylic acid groups (broad SMARTS) is 1. The number of rotatable bonds is 16. The Balaban J connectivity index is 5.27. The predicted molar refractivity (Wildman–Crippen MR) is 115 cm³/mol. The molecule has 13 heteroatoms. The maximum atomic E-state index is 12.8. The molecular weight excluding hydrogens is 424 g/mol. The zero-order chi connectivity index (χ0) is 24.8. The first-order valence-electron chi connectivity index (χ1n) is 10.5. The van der Waals surface area contributed by atoms with Gasteiger partial charge in [-0.3, -0.25) is 19.2 Å². The molecule has 0 aliphatic heterocycles. The highest BCUT2D eigenvalue weighted by Gasteiger charge is 2.32. The van der Waals surface area contributed by atoms with E-state index in [1.54, 1.807) is 13.8 Å². The van der Waals surface area contributed by atoms with Gasteiger partial charge in [0, 0.05) is 0 Å². The van der Waals surface area contributed by atoms with Crippen molar-refractivity contribution in [3.63, 3.8) is 0 Å². The Bertz CT molecular complexity index is 660. The van der Waals surface area contributed by atoms with Gasteiger partial charge in [-0.1, -0.05) is 20.3 Å². The average Bonchev–Trinajstić information content (AvgIpc) is 2.73. The van der Waals surface area contributed by atoms with E-state index in [1.807, 2.05) is 0 Å². The minimum Gasteiger partial charge on any atom is -0.480 e. The van der Waals surface area contributed by atoms with Crippen LogP contribution in [0.15, 0.2) is 0 Å². The largest absolute Gasteiger partial charge is 0.480 e. The third-order valence-corrected chi connectivity index (χ3v) is 4.93. The minimum atomic E-state index is -1.44. The molecule has 0 heterocycles. The van der Waals surface area contributed by atoms with Crippen LogP contribution < -0.4 is 33.2 Å². The molecule has 0 aromatic heterocycles. The number of hydrogen-bond donors (Lipinski definition) is 8. The van der Waals surface area contributed by atoms with Gasteiger partial charge in [0.05, 0.1) is 19.1 Å². The fraction of sp³-hybridized carbons (Fsp3) is 0.737. The fourth-order valence-corrected chi connectivity index (χ4v) is 2.75. The van der Waals surface area contributed by atoms with E-state index in [4.69, 9.17) is 17.2 Å². The van der Waals surface area contributed by atoms with Crippen LogP contribution in [0.5, 0.6) is 0 Å². The van der Waals surface area contributed by atoms with Gasteiger partial charge in [-0.25, -0.2) is 4.79 Å². The van der Waals surface area contributed by atoms with Crippen molar-refractivity contribution in [2.24, 2.45) is 23.1 Å². The van der Waals surface area contributed by atoms with E-state index in [0.29, 0.717) is 25.8 Å². The van der Waals surface area contributed by atoms with Crippen LogP contribution in [0.4, 0.5) is 0 Å². The van der Waals surface area contributed by atoms with Crippen LogP contribution in [-0.4, -0.2) is 77.1 Å². The maximum absolute atomic E-state index is 12.8. The molecule has 0 spiro atoms. The third kappa shape index (κ3) is 10.5. The Morgan fingerprint density at radius 1 is 0.938 bits per heavy atom. The van der Waals surface area contributed by atoms with Gasteiger partial charge >= 0.3 is 5.97 Å². The summed E-state index contributed by atoms with van der Waals surface area (Å²) in [6.45, 7) is 3.06. The van der Waals surface area contributed by atoms with Crippen molar-refractivity contribution in [3.8, 4) is 0 Å². The first-order chi connectivity index (χ1) is 15.0. The van der Waals surface area contributed by atoms with E-state index in [1.165, 1.54) is 0 Å². The number of aliphatic hydroxyl groups is 1. The highest BCUT2D eigenvalue weighted by molar-refractivity contribution is 5.95. The number of nitrogens with one attached hydrogen (secondary N) is 3. The molecule has 32 heavy (non-hydrogen) atoms. The number of nitrogens with two attached hydrogens (primary N) is 3. The van der Waals surface area contributed by atoms with Gasteiger partial charge in [0.2, 0.25) is 23.6 Å². The van der Waals surface area contributed by atoms with Gasteiger partial charge in [0.1, 0.15) is 18.1 Å². The van der Waals surface area contributed by atoms with E-state index in [-0.39, 0.29) is 12.3 Å². The molecule has 0 aromatic rings. The number of primary amides is 1. The number of carbonyl (C=O) groups is 5. The first-order valence-corrected chi connectivity index (χ1v) is 10.5. The molecule has 5 atom stereocenters. The average molecular weight is 461 g/mol. The topological polar surface area (TPSA) is 240 Å². The normalized spacial score (nSPS) is 15.5. The molecule has 0 rings (SSSR count). The molecule has 0 radical (unpaired) electrons. The van der Waals surface area contributed by atoms with Crippen LogP contribution in [0, 0.1) is 5.92 Å². The second kappa shape index (κ2) is 15.1. The summed E-state index contributed by atoms with van der Waals surface area (Å²) in [6, 6.07) is -5.03. The Morgan fingerprint density at radius 2 is 1.53 bits per heavy atom. The summed E-state index contributed by atoms with van der Waals surface area (Å²) in [5.41, 5.74) is 15.9. The van der Waals surface area contributed by atoms with E-state index in [2.05, 4.69) is 16.0 Å². The molecule has 4 amide bonds. The van der Waals surface area contributed by atoms with E-state index >= 15 is 0 Å². The van der Waals surface area contributed by atoms with Crippen molar-refractivity contribution in [1.29, 1.82) is 0 Å². The summed E-state index contributed by atoms with van der Waals surface area (Å²) in [6.07, 6.45) is 1.29. The standard InChI is InChI=1S/C19H36N6O7/c1-3-10(2)15(18(30)23-12(19(31)32)6-4-5-7-20)25-17(29)13(9-26)24-16(28)11(21)8-14(22)27/h10-13,15,26H,3-9,20-21H2,1-2H3,(H2,22,27)(H,23,30)(H,24,28)(H,25,29)(H,31,32). The first kappa shape index (κ1) is 29.2. The summed E-state index contributed by atoms with van der Waals surface area (Å²) in [5, 5.41) is 25.9. The molecule has 0 aliphatic carbocycles. The van der Waals surface area contributed by atoms with Crippen molar-refractivity contribution < 1.29 is 34.2 Å². The molecule has 0 fully saturated rings. The minimum absolute atomic E-state index is 0.173. The zero-order valence-electron chi connectivity index (χ0n) is 18.5. The van der Waals surface area contributed by atoms with Gasteiger partial charge < -0.3 is 43.4 Å². The van der Waals surface area contributed by atoms with Crippen LogP contribution in [0.3, 0.4) is 0 Å². The summed E-state index contributed by atoms with van der Waals surface area (Å²) in [7, 11) is 0. The molecule has 0 bridgehead atoms. The molecule has 0 saturated heterocycles. The smallest absolute Gasteiger partial charge is 0.326 e.